The Morgan fingerprint density at radius 2 is 0.721 bits per heavy atom. The van der Waals surface area contributed by atoms with E-state index in [4.69, 9.17) is 0 Å². The molecule has 0 N–H and O–H groups in total. The van der Waals surface area contributed by atoms with E-state index in [-0.39, 0.29) is 20.1 Å². The van der Waals surface area contributed by atoms with E-state index in [1.54, 1.807) is 18.6 Å². The van der Waals surface area contributed by atoms with Crippen LogP contribution >= 0.6 is 47.8 Å². The molecule has 0 radical (unpaired) electrons. The van der Waals surface area contributed by atoms with Crippen molar-refractivity contribution < 1.29 is 20.1 Å². The second-order valence-corrected chi connectivity index (χ2v) is 10.6. The van der Waals surface area contributed by atoms with Crippen LogP contribution in [0, 0.1) is 18.2 Å². The van der Waals surface area contributed by atoms with Gasteiger partial charge in [0.2, 0.25) is 0 Å². The predicted molar refractivity (Wildman–Crippen MR) is 183 cm³/mol. The smallest absolute Gasteiger partial charge is 0.305 e. The molecule has 43 heavy (non-hydrogen) atoms. The molecule has 0 aliphatic heterocycles. The van der Waals surface area contributed by atoms with Gasteiger partial charge in [0, 0.05) is 18.6 Å². The molecule has 0 spiro atoms. The van der Waals surface area contributed by atoms with Crippen molar-refractivity contribution in [1.82, 2.24) is 15.0 Å². The zero-order valence-corrected chi connectivity index (χ0v) is 30.2. The number of halogens is 3. The van der Waals surface area contributed by atoms with E-state index < -0.39 is 0 Å². The van der Waals surface area contributed by atoms with Gasteiger partial charge in [-0.3, -0.25) is 0 Å². The summed E-state index contributed by atoms with van der Waals surface area (Å²) in [6.07, 6.45) is 5.38. The Morgan fingerprint density at radius 1 is 0.419 bits per heavy atom. The van der Waals surface area contributed by atoms with Crippen LogP contribution in [0.2, 0.25) is 0 Å². The summed E-state index contributed by atoms with van der Waals surface area (Å²) in [4.78, 5) is 12.8. The summed E-state index contributed by atoms with van der Waals surface area (Å²) >= 11 is 10.2. The molecule has 0 aliphatic carbocycles. The molecule has 3 aromatic carbocycles. The molecule has 0 amide bonds. The first kappa shape index (κ1) is 34.7. The molecule has 3 nitrogen and oxygen atoms in total. The largest absolute Gasteiger partial charge is 3.00 e. The number of aromatic nitrogens is 3. The minimum Gasteiger partial charge on any atom is -0.305 e. The molecular formula is C36H27Br3IrN3. The molecule has 0 unspecified atom stereocenters. The number of hydrogen-bond acceptors (Lipinski definition) is 3. The van der Waals surface area contributed by atoms with Crippen molar-refractivity contribution in [3.63, 3.8) is 0 Å². The fraction of sp³-hybridized carbons (Fsp3) is 0.0833. The zero-order valence-electron chi connectivity index (χ0n) is 23.1. The van der Waals surface area contributed by atoms with E-state index in [0.29, 0.717) is 0 Å². The number of hydrogen-bond donors (Lipinski definition) is 0. The number of pyridine rings is 3. The molecular weight excluding hydrogens is 906 g/mol. The summed E-state index contributed by atoms with van der Waals surface area (Å²) in [6.45, 7) is 0. The molecule has 0 saturated heterocycles. The van der Waals surface area contributed by atoms with Crippen LogP contribution in [0.25, 0.3) is 33.8 Å². The van der Waals surface area contributed by atoms with E-state index in [0.717, 1.165) is 49.8 Å². The van der Waals surface area contributed by atoms with Crippen molar-refractivity contribution in [2.75, 3.05) is 0 Å². The first-order chi connectivity index (χ1) is 20.7. The van der Waals surface area contributed by atoms with Gasteiger partial charge in [-0.25, -0.2) is 0 Å². The maximum absolute atomic E-state index is 4.26. The van der Waals surface area contributed by atoms with Gasteiger partial charge < -0.3 is 15.0 Å². The van der Waals surface area contributed by atoms with Crippen LogP contribution in [0.4, 0.5) is 0 Å². The molecule has 6 rings (SSSR count). The molecule has 0 saturated carbocycles. The summed E-state index contributed by atoms with van der Waals surface area (Å²) in [7, 11) is 0. The van der Waals surface area contributed by atoms with Gasteiger partial charge in [-0.2, -0.15) is 0 Å². The Morgan fingerprint density at radius 3 is 0.907 bits per heavy atom. The van der Waals surface area contributed by atoms with Crippen LogP contribution in [-0.2, 0) is 36.1 Å². The maximum atomic E-state index is 4.26. The van der Waals surface area contributed by atoms with E-state index in [1.165, 1.54) is 16.7 Å². The summed E-state index contributed by atoms with van der Waals surface area (Å²) in [5.74, 6) is 0. The summed E-state index contributed by atoms with van der Waals surface area (Å²) in [5.41, 5.74) is 9.69. The van der Waals surface area contributed by atoms with E-state index in [1.807, 2.05) is 91.0 Å². The Hall–Kier alpha value is -2.80. The van der Waals surface area contributed by atoms with Crippen molar-refractivity contribution in [2.45, 2.75) is 16.0 Å². The quantitative estimate of drug-likeness (QED) is 0.123. The molecule has 216 valence electrons. The summed E-state index contributed by atoms with van der Waals surface area (Å²) in [5, 5.41) is 2.60. The zero-order chi connectivity index (χ0) is 29.4. The van der Waals surface area contributed by atoms with Crippen LogP contribution < -0.4 is 0 Å². The van der Waals surface area contributed by atoms with Crippen LogP contribution in [0.15, 0.2) is 128 Å². The number of rotatable bonds is 6. The minimum absolute atomic E-state index is 0. The number of nitrogens with zero attached hydrogens (tertiary/aromatic N) is 3. The summed E-state index contributed by atoms with van der Waals surface area (Å²) < 4.78 is 0. The first-order valence-corrected chi connectivity index (χ1v) is 16.5. The van der Waals surface area contributed by atoms with Gasteiger partial charge in [-0.05, 0) is 51.3 Å². The fourth-order valence-electron chi connectivity index (χ4n) is 3.66. The van der Waals surface area contributed by atoms with Crippen LogP contribution in [0.3, 0.4) is 0 Å². The SMILES string of the molecule is BrCc1c[c-]c(-c2ccccn2)cc1.BrCc1c[c-]c(-c2ccccn2)cc1.BrCc1c[c-]c(-c2ccccn2)cc1.[Ir+3]. The van der Waals surface area contributed by atoms with Crippen LogP contribution in [0.1, 0.15) is 16.7 Å². The average molecular weight is 934 g/mol. The molecule has 3 aromatic heterocycles. The third-order valence-corrected chi connectivity index (χ3v) is 7.86. The Kier molecular flexibility index (Phi) is 15.7. The molecule has 0 bridgehead atoms. The monoisotopic (exact) mass is 931 g/mol. The van der Waals surface area contributed by atoms with Crippen molar-refractivity contribution in [3.05, 3.63) is 163 Å². The van der Waals surface area contributed by atoms with Gasteiger partial charge in [0.05, 0.1) is 0 Å². The average Bonchev–Trinajstić information content (AvgIpc) is 3.10. The van der Waals surface area contributed by atoms with E-state index >= 15 is 0 Å². The van der Waals surface area contributed by atoms with Gasteiger partial charge in [-0.1, -0.05) is 84.2 Å². The standard InChI is InChI=1S/3C12H9BrN.Ir/c3*13-9-10-4-6-11(7-5-10)12-3-1-2-8-14-12;/h3*1-6,8H,9H2;/q3*-1;+3. The third kappa shape index (κ3) is 11.3. The second kappa shape index (κ2) is 19.5. The van der Waals surface area contributed by atoms with Crippen molar-refractivity contribution in [1.29, 1.82) is 0 Å². The van der Waals surface area contributed by atoms with E-state index in [2.05, 4.69) is 99.1 Å². The van der Waals surface area contributed by atoms with Gasteiger partial charge in [0.25, 0.3) is 0 Å². The fourth-order valence-corrected chi connectivity index (χ4v) is 4.71. The van der Waals surface area contributed by atoms with Gasteiger partial charge in [0.15, 0.2) is 0 Å². The van der Waals surface area contributed by atoms with Crippen LogP contribution in [-0.4, -0.2) is 15.0 Å². The van der Waals surface area contributed by atoms with Gasteiger partial charge >= 0.3 is 20.1 Å². The summed E-state index contributed by atoms with van der Waals surface area (Å²) in [6, 6.07) is 45.6. The number of benzene rings is 3. The van der Waals surface area contributed by atoms with Gasteiger partial charge in [-0.15, -0.1) is 106 Å². The first-order valence-electron chi connectivity index (χ1n) is 13.1. The van der Waals surface area contributed by atoms with Crippen molar-refractivity contribution in [3.8, 4) is 33.8 Å². The van der Waals surface area contributed by atoms with Crippen molar-refractivity contribution in [2.24, 2.45) is 0 Å². The third-order valence-electron chi connectivity index (χ3n) is 5.92. The van der Waals surface area contributed by atoms with Crippen molar-refractivity contribution >= 4 is 47.8 Å². The second-order valence-electron chi connectivity index (χ2n) is 8.88. The molecule has 7 heteroatoms. The molecule has 0 atom stereocenters. The molecule has 3 heterocycles. The van der Waals surface area contributed by atoms with Crippen LogP contribution in [0.5, 0.6) is 0 Å². The molecule has 0 fully saturated rings. The Bertz CT molecular complexity index is 1390. The molecule has 0 aliphatic rings. The molecule has 6 aromatic rings. The normalized spacial score (nSPS) is 9.84. The number of alkyl halides is 3. The van der Waals surface area contributed by atoms with E-state index in [9.17, 15) is 0 Å². The Balaban J connectivity index is 0.000000175. The Labute approximate surface area is 293 Å². The van der Waals surface area contributed by atoms with Gasteiger partial charge in [0.1, 0.15) is 0 Å². The topological polar surface area (TPSA) is 38.7 Å². The maximum Gasteiger partial charge on any atom is 3.00 e. The minimum atomic E-state index is 0. The predicted octanol–water partition coefficient (Wildman–Crippen LogP) is 10.3.